The number of hydrogen-bond donors (Lipinski definition) is 1. The molecule has 68 valence electrons. The second kappa shape index (κ2) is 4.82. The Bertz CT molecular complexity index is 333. The molecule has 1 aromatic rings. The Labute approximate surface area is 85.8 Å². The van der Waals surface area contributed by atoms with Crippen molar-refractivity contribution in [3.05, 3.63) is 40.5 Å². The first-order valence-corrected chi connectivity index (χ1v) is 4.67. The van der Waals surface area contributed by atoms with Crippen LogP contribution in [0.3, 0.4) is 0 Å². The summed E-state index contributed by atoms with van der Waals surface area (Å²) in [5.74, 6) is -0.0664. The second-order valence-electron chi connectivity index (χ2n) is 2.56. The van der Waals surface area contributed by atoms with Crippen molar-refractivity contribution >= 4 is 27.9 Å². The zero-order chi connectivity index (χ0) is 9.68. The minimum atomic E-state index is -0.0664. The van der Waals surface area contributed by atoms with E-state index in [0.717, 1.165) is 10.0 Å². The Balaban J connectivity index is 2.68. The predicted octanol–water partition coefficient (Wildman–Crippen LogP) is 2.56. The van der Waals surface area contributed by atoms with Gasteiger partial charge in [-0.3, -0.25) is 4.79 Å². The lowest BCUT2D eigenvalue weighted by Crippen LogP contribution is -2.10. The lowest BCUT2D eigenvalue weighted by atomic mass is 10.2. The van der Waals surface area contributed by atoms with Crippen LogP contribution < -0.4 is 5.32 Å². The maximum absolute atomic E-state index is 10.5. The summed E-state index contributed by atoms with van der Waals surface area (Å²) in [7, 11) is 0. The largest absolute Gasteiger partial charge is 0.333 e. The number of rotatable bonds is 2. The predicted molar refractivity (Wildman–Crippen MR) is 57.0 cm³/mol. The van der Waals surface area contributed by atoms with E-state index in [4.69, 9.17) is 0 Å². The van der Waals surface area contributed by atoms with Crippen LogP contribution in [0.15, 0.2) is 34.9 Å². The summed E-state index contributed by atoms with van der Waals surface area (Å²) < 4.78 is 1.01. The Morgan fingerprint density at radius 3 is 2.77 bits per heavy atom. The van der Waals surface area contributed by atoms with Gasteiger partial charge in [-0.15, -0.1) is 0 Å². The van der Waals surface area contributed by atoms with Crippen LogP contribution in [0.4, 0.5) is 0 Å². The van der Waals surface area contributed by atoms with E-state index in [1.807, 2.05) is 30.3 Å². The van der Waals surface area contributed by atoms with Crippen LogP contribution in [0.5, 0.6) is 0 Å². The zero-order valence-electron chi connectivity index (χ0n) is 7.25. The van der Waals surface area contributed by atoms with Crippen molar-refractivity contribution in [1.29, 1.82) is 0 Å². The van der Waals surface area contributed by atoms with Gasteiger partial charge in [0.05, 0.1) is 0 Å². The second-order valence-corrected chi connectivity index (χ2v) is 3.41. The van der Waals surface area contributed by atoms with E-state index >= 15 is 0 Å². The molecule has 0 aliphatic carbocycles. The first-order chi connectivity index (χ1) is 6.20. The van der Waals surface area contributed by atoms with E-state index < -0.39 is 0 Å². The van der Waals surface area contributed by atoms with E-state index in [9.17, 15) is 4.79 Å². The molecule has 3 heteroatoms. The average Bonchev–Trinajstić information content (AvgIpc) is 2.08. The molecule has 1 N–H and O–H groups in total. The van der Waals surface area contributed by atoms with Crippen molar-refractivity contribution in [2.75, 3.05) is 0 Å². The minimum absolute atomic E-state index is 0.0664. The Kier molecular flexibility index (Phi) is 3.71. The third-order valence-electron chi connectivity index (χ3n) is 1.45. The summed E-state index contributed by atoms with van der Waals surface area (Å²) in [6.07, 6.45) is 3.47. The smallest absolute Gasteiger partial charge is 0.220 e. The molecule has 0 unspecified atom stereocenters. The van der Waals surface area contributed by atoms with E-state index in [1.165, 1.54) is 6.92 Å². The summed E-state index contributed by atoms with van der Waals surface area (Å²) in [5, 5.41) is 2.58. The molecule has 0 spiro atoms. The van der Waals surface area contributed by atoms with Crippen molar-refractivity contribution in [2.45, 2.75) is 6.92 Å². The normalized spacial score (nSPS) is 10.3. The fraction of sp³-hybridized carbons (Fsp3) is 0.100. The monoisotopic (exact) mass is 239 g/mol. The first kappa shape index (κ1) is 9.99. The summed E-state index contributed by atoms with van der Waals surface area (Å²) >= 11 is 3.40. The van der Waals surface area contributed by atoms with Gasteiger partial charge in [-0.2, -0.15) is 0 Å². The summed E-state index contributed by atoms with van der Waals surface area (Å²) in [5.41, 5.74) is 1.04. The van der Waals surface area contributed by atoms with Gasteiger partial charge < -0.3 is 5.32 Å². The molecule has 0 atom stereocenters. The molecule has 0 fully saturated rings. The lowest BCUT2D eigenvalue weighted by molar-refractivity contribution is -0.118. The molecule has 0 bridgehead atoms. The maximum atomic E-state index is 10.5. The standard InChI is InChI=1S/C10H10BrNO/c1-8(13)12-7-6-9-4-2-3-5-10(9)11/h2-7H,1H3,(H,12,13)/b7-6+. The molecule has 1 aromatic carbocycles. The van der Waals surface area contributed by atoms with Crippen LogP contribution in [0.25, 0.3) is 6.08 Å². The number of hydrogen-bond acceptors (Lipinski definition) is 1. The number of amides is 1. The fourth-order valence-electron chi connectivity index (χ4n) is 0.859. The quantitative estimate of drug-likeness (QED) is 0.845. The van der Waals surface area contributed by atoms with Gasteiger partial charge in [0.1, 0.15) is 0 Å². The van der Waals surface area contributed by atoms with Crippen molar-refractivity contribution in [3.8, 4) is 0 Å². The molecule has 1 amide bonds. The highest BCUT2D eigenvalue weighted by atomic mass is 79.9. The SMILES string of the molecule is CC(=O)N/C=C/c1ccccc1Br. The van der Waals surface area contributed by atoms with Crippen molar-refractivity contribution in [1.82, 2.24) is 5.32 Å². The fourth-order valence-corrected chi connectivity index (χ4v) is 1.28. The van der Waals surface area contributed by atoms with Gasteiger partial charge in [-0.1, -0.05) is 34.1 Å². The molecular formula is C10H10BrNO. The van der Waals surface area contributed by atoms with Gasteiger partial charge in [0.25, 0.3) is 0 Å². The third kappa shape index (κ3) is 3.42. The van der Waals surface area contributed by atoms with Gasteiger partial charge in [-0.05, 0) is 17.7 Å². The van der Waals surface area contributed by atoms with E-state index in [0.29, 0.717) is 0 Å². The molecule has 0 aliphatic rings. The lowest BCUT2D eigenvalue weighted by Gasteiger charge is -1.96. The van der Waals surface area contributed by atoms with Crippen LogP contribution in [-0.2, 0) is 4.79 Å². The molecule has 2 nitrogen and oxygen atoms in total. The van der Waals surface area contributed by atoms with Gasteiger partial charge in [-0.25, -0.2) is 0 Å². The summed E-state index contributed by atoms with van der Waals surface area (Å²) in [4.78, 5) is 10.5. The van der Waals surface area contributed by atoms with Gasteiger partial charge in [0.15, 0.2) is 0 Å². The van der Waals surface area contributed by atoms with Crippen LogP contribution in [0.2, 0.25) is 0 Å². The molecule has 0 aromatic heterocycles. The molecule has 0 aliphatic heterocycles. The van der Waals surface area contributed by atoms with Gasteiger partial charge in [0, 0.05) is 17.6 Å². The maximum Gasteiger partial charge on any atom is 0.220 e. The highest BCUT2D eigenvalue weighted by molar-refractivity contribution is 9.10. The molecular weight excluding hydrogens is 230 g/mol. The Morgan fingerprint density at radius 2 is 2.15 bits per heavy atom. The highest BCUT2D eigenvalue weighted by Crippen LogP contribution is 2.16. The summed E-state index contributed by atoms with van der Waals surface area (Å²) in [6, 6.07) is 7.80. The van der Waals surface area contributed by atoms with E-state index in [2.05, 4.69) is 21.2 Å². The molecule has 0 saturated carbocycles. The topological polar surface area (TPSA) is 29.1 Å². The zero-order valence-corrected chi connectivity index (χ0v) is 8.84. The van der Waals surface area contributed by atoms with Gasteiger partial charge >= 0.3 is 0 Å². The average molecular weight is 240 g/mol. The number of nitrogens with one attached hydrogen (secondary N) is 1. The summed E-state index contributed by atoms with van der Waals surface area (Å²) in [6.45, 7) is 1.48. The third-order valence-corrected chi connectivity index (χ3v) is 2.18. The van der Waals surface area contributed by atoms with Crippen molar-refractivity contribution < 1.29 is 4.79 Å². The number of halogens is 1. The number of carbonyl (C=O) groups is 1. The van der Waals surface area contributed by atoms with Crippen LogP contribution >= 0.6 is 15.9 Å². The Hall–Kier alpha value is -1.09. The van der Waals surface area contributed by atoms with Crippen molar-refractivity contribution in [2.24, 2.45) is 0 Å². The van der Waals surface area contributed by atoms with E-state index in [1.54, 1.807) is 6.20 Å². The number of carbonyl (C=O) groups excluding carboxylic acids is 1. The van der Waals surface area contributed by atoms with Crippen LogP contribution in [0, 0.1) is 0 Å². The minimum Gasteiger partial charge on any atom is -0.333 e. The molecule has 1 rings (SSSR count). The Morgan fingerprint density at radius 1 is 1.46 bits per heavy atom. The molecule has 0 radical (unpaired) electrons. The van der Waals surface area contributed by atoms with Crippen LogP contribution in [0.1, 0.15) is 12.5 Å². The highest BCUT2D eigenvalue weighted by Gasteiger charge is 1.91. The van der Waals surface area contributed by atoms with Gasteiger partial charge in [0.2, 0.25) is 5.91 Å². The van der Waals surface area contributed by atoms with Crippen molar-refractivity contribution in [3.63, 3.8) is 0 Å². The molecule has 0 saturated heterocycles. The molecule has 13 heavy (non-hydrogen) atoms. The van der Waals surface area contributed by atoms with Crippen LogP contribution in [-0.4, -0.2) is 5.91 Å². The number of benzene rings is 1. The first-order valence-electron chi connectivity index (χ1n) is 3.88. The molecule has 0 heterocycles. The van der Waals surface area contributed by atoms with E-state index in [-0.39, 0.29) is 5.91 Å².